The number of carbonyl (C=O) groups excluding carboxylic acids is 3. The molecule has 38 heavy (non-hydrogen) atoms. The van der Waals surface area contributed by atoms with Gasteiger partial charge in [-0.3, -0.25) is 14.4 Å². The highest BCUT2D eigenvalue weighted by molar-refractivity contribution is 6.40. The highest BCUT2D eigenvalue weighted by Gasteiger charge is 2.39. The molecule has 4 aromatic rings. The van der Waals surface area contributed by atoms with E-state index in [4.69, 9.17) is 11.6 Å². The Morgan fingerprint density at radius 2 is 1.26 bits per heavy atom. The van der Waals surface area contributed by atoms with Crippen molar-refractivity contribution >= 4 is 50.5 Å². The number of Topliss-reactive ketones (excluding diaryl/α,β-unsaturated/α-hetero) is 3. The molecule has 3 aliphatic rings. The second-order valence-electron chi connectivity index (χ2n) is 10.1. The first-order chi connectivity index (χ1) is 18.4. The Labute approximate surface area is 223 Å². The number of hydrogen-bond donors (Lipinski definition) is 1. The number of aliphatic hydroxyl groups excluding tert-OH is 1. The second kappa shape index (κ2) is 8.45. The van der Waals surface area contributed by atoms with Gasteiger partial charge in [-0.15, -0.1) is 0 Å². The lowest BCUT2D eigenvalue weighted by Crippen LogP contribution is -2.11. The molecule has 0 aliphatic heterocycles. The summed E-state index contributed by atoms with van der Waals surface area (Å²) in [5.41, 5.74) is 3.53. The third-order valence-electron chi connectivity index (χ3n) is 7.94. The molecule has 0 saturated heterocycles. The molecule has 2 unspecified atom stereocenters. The summed E-state index contributed by atoms with van der Waals surface area (Å²) in [5.74, 6) is -1.46. The van der Waals surface area contributed by atoms with Gasteiger partial charge in [-0.05, 0) is 81.4 Å². The molecule has 0 amide bonds. The van der Waals surface area contributed by atoms with Gasteiger partial charge in [0.1, 0.15) is 0 Å². The fourth-order valence-electron chi connectivity index (χ4n) is 5.92. The zero-order chi connectivity index (χ0) is 26.1. The third-order valence-corrected chi connectivity index (χ3v) is 8.42. The van der Waals surface area contributed by atoms with Gasteiger partial charge >= 0.3 is 0 Å². The van der Waals surface area contributed by atoms with Crippen molar-refractivity contribution < 1.29 is 19.5 Å². The maximum atomic E-state index is 13.3. The van der Waals surface area contributed by atoms with E-state index in [0.717, 1.165) is 27.1 Å². The van der Waals surface area contributed by atoms with Gasteiger partial charge in [-0.1, -0.05) is 66.2 Å². The lowest BCUT2D eigenvalue weighted by molar-refractivity contribution is 0.0832. The monoisotopic (exact) mass is 516 g/mol. The number of fused-ring (bicyclic) bond motifs is 4. The minimum Gasteiger partial charge on any atom is -0.387 e. The molecule has 3 aliphatic carbocycles. The fraction of sp³-hybridized carbons (Fsp3) is 0.121. The summed E-state index contributed by atoms with van der Waals surface area (Å²) in [5, 5.41) is 15.2. The van der Waals surface area contributed by atoms with Crippen LogP contribution in [0.3, 0.4) is 0 Å². The van der Waals surface area contributed by atoms with Crippen molar-refractivity contribution in [3.63, 3.8) is 0 Å². The Hall–Kier alpha value is -4.12. The largest absolute Gasteiger partial charge is 0.387 e. The minimum absolute atomic E-state index is 0.112. The zero-order valence-corrected chi connectivity index (χ0v) is 21.0. The van der Waals surface area contributed by atoms with Gasteiger partial charge in [0.05, 0.1) is 17.6 Å². The van der Waals surface area contributed by atoms with Gasteiger partial charge in [-0.2, -0.15) is 0 Å². The highest BCUT2D eigenvalue weighted by atomic mass is 35.5. The van der Waals surface area contributed by atoms with Crippen LogP contribution < -0.4 is 0 Å². The number of rotatable bonds is 2. The van der Waals surface area contributed by atoms with E-state index in [0.29, 0.717) is 45.7 Å². The maximum absolute atomic E-state index is 13.3. The van der Waals surface area contributed by atoms with Gasteiger partial charge in [0.2, 0.25) is 0 Å². The molecule has 1 N–H and O–H groups in total. The van der Waals surface area contributed by atoms with Crippen molar-refractivity contribution in [1.29, 1.82) is 0 Å². The lowest BCUT2D eigenvalue weighted by atomic mass is 9.98. The van der Waals surface area contributed by atoms with Crippen LogP contribution in [0.5, 0.6) is 0 Å². The van der Waals surface area contributed by atoms with Crippen molar-refractivity contribution in [2.45, 2.75) is 18.9 Å². The molecule has 0 fully saturated rings. The van der Waals surface area contributed by atoms with Gasteiger partial charge in [0.15, 0.2) is 17.3 Å². The van der Waals surface area contributed by atoms with Gasteiger partial charge in [0, 0.05) is 21.7 Å². The Bertz CT molecular complexity index is 1800. The minimum atomic E-state index is -0.955. The van der Waals surface area contributed by atoms with E-state index in [1.54, 1.807) is 24.3 Å². The molecule has 4 aromatic carbocycles. The zero-order valence-electron chi connectivity index (χ0n) is 20.2. The fourth-order valence-corrected chi connectivity index (χ4v) is 6.22. The van der Waals surface area contributed by atoms with Crippen molar-refractivity contribution in [3.05, 3.63) is 129 Å². The third kappa shape index (κ3) is 3.38. The summed E-state index contributed by atoms with van der Waals surface area (Å²) in [4.78, 5) is 39.6. The number of allylic oxidation sites excluding steroid dienone is 5. The molecule has 0 spiro atoms. The quantitative estimate of drug-likeness (QED) is 0.229. The SMILES string of the molecule is O=C1C(=CC2=C(Cl)/C(=C/C3C(=O)c4cc5ccccc5cc4C3O)CC2)C(=O)c2cc3ccccc3cc21. The van der Waals surface area contributed by atoms with E-state index in [1.165, 1.54) is 0 Å². The molecule has 0 heterocycles. The first-order valence-electron chi connectivity index (χ1n) is 12.6. The second-order valence-corrected chi connectivity index (χ2v) is 10.5. The molecule has 0 radical (unpaired) electrons. The summed E-state index contributed by atoms with van der Waals surface area (Å²) in [6.07, 6.45) is 3.51. The van der Waals surface area contributed by atoms with Crippen LogP contribution in [-0.2, 0) is 0 Å². The molecule has 0 aromatic heterocycles. The standard InChI is InChI=1S/C33H21ClO4/c34-29-21(15-27-30(35)23-11-17-5-1-2-6-18(17)12-24(23)31(27)36)9-10-22(29)16-28-32(37)25-13-19-7-3-4-8-20(19)14-26(25)33(28)38/h1-8,11-16,27,30,35H,9-10H2/b21-15+. The number of aliphatic hydroxyl groups is 1. The molecule has 184 valence electrons. The Balaban J connectivity index is 1.22. The molecule has 2 atom stereocenters. The molecular weight excluding hydrogens is 496 g/mol. The van der Waals surface area contributed by atoms with E-state index in [9.17, 15) is 19.5 Å². The van der Waals surface area contributed by atoms with Crippen molar-refractivity contribution in [3.8, 4) is 0 Å². The first kappa shape index (κ1) is 23.0. The molecular formula is C33H21ClO4. The van der Waals surface area contributed by atoms with Crippen LogP contribution >= 0.6 is 11.6 Å². The average Bonchev–Trinajstić information content (AvgIpc) is 3.48. The highest BCUT2D eigenvalue weighted by Crippen LogP contribution is 2.43. The number of ketones is 3. The summed E-state index contributed by atoms with van der Waals surface area (Å²) >= 11 is 6.74. The number of halogens is 1. The van der Waals surface area contributed by atoms with Crippen LogP contribution in [-0.4, -0.2) is 22.5 Å². The van der Waals surface area contributed by atoms with E-state index in [1.807, 2.05) is 60.7 Å². The summed E-state index contributed by atoms with van der Waals surface area (Å²) in [6.45, 7) is 0. The predicted octanol–water partition coefficient (Wildman–Crippen LogP) is 7.06. The normalized spacial score (nSPS) is 21.8. The molecule has 4 nitrogen and oxygen atoms in total. The predicted molar refractivity (Wildman–Crippen MR) is 148 cm³/mol. The summed E-state index contributed by atoms with van der Waals surface area (Å²) in [6, 6.07) is 22.7. The summed E-state index contributed by atoms with van der Waals surface area (Å²) < 4.78 is 0. The lowest BCUT2D eigenvalue weighted by Gasteiger charge is -2.11. The van der Waals surface area contributed by atoms with E-state index >= 15 is 0 Å². The van der Waals surface area contributed by atoms with Crippen LogP contribution in [0.1, 0.15) is 55.6 Å². The van der Waals surface area contributed by atoms with Crippen LogP contribution in [0.25, 0.3) is 21.5 Å². The Kier molecular flexibility index (Phi) is 5.12. The summed E-state index contributed by atoms with van der Waals surface area (Å²) in [7, 11) is 0. The van der Waals surface area contributed by atoms with E-state index < -0.39 is 12.0 Å². The van der Waals surface area contributed by atoms with Crippen LogP contribution in [0.4, 0.5) is 0 Å². The van der Waals surface area contributed by atoms with Crippen LogP contribution in [0.15, 0.2) is 107 Å². The Morgan fingerprint density at radius 3 is 1.84 bits per heavy atom. The average molecular weight is 517 g/mol. The Morgan fingerprint density at radius 1 is 0.737 bits per heavy atom. The van der Waals surface area contributed by atoms with Gasteiger partial charge in [-0.25, -0.2) is 0 Å². The van der Waals surface area contributed by atoms with Gasteiger partial charge in [0.25, 0.3) is 0 Å². The van der Waals surface area contributed by atoms with Crippen molar-refractivity contribution in [2.75, 3.05) is 0 Å². The molecule has 0 bridgehead atoms. The molecule has 0 saturated carbocycles. The number of benzene rings is 4. The van der Waals surface area contributed by atoms with Crippen LogP contribution in [0, 0.1) is 5.92 Å². The molecule has 5 heteroatoms. The number of carbonyl (C=O) groups is 3. The molecule has 7 rings (SSSR count). The van der Waals surface area contributed by atoms with Crippen LogP contribution in [0.2, 0.25) is 0 Å². The maximum Gasteiger partial charge on any atom is 0.197 e. The number of hydrogen-bond acceptors (Lipinski definition) is 4. The van der Waals surface area contributed by atoms with Crippen molar-refractivity contribution in [2.24, 2.45) is 5.92 Å². The van der Waals surface area contributed by atoms with Crippen molar-refractivity contribution in [1.82, 2.24) is 0 Å². The van der Waals surface area contributed by atoms with E-state index in [-0.39, 0.29) is 22.9 Å². The van der Waals surface area contributed by atoms with E-state index in [2.05, 4.69) is 0 Å². The topological polar surface area (TPSA) is 71.4 Å². The van der Waals surface area contributed by atoms with Gasteiger partial charge < -0.3 is 5.11 Å². The first-order valence-corrected chi connectivity index (χ1v) is 13.0. The smallest absolute Gasteiger partial charge is 0.197 e.